The molecule has 0 aromatic heterocycles. The summed E-state index contributed by atoms with van der Waals surface area (Å²) < 4.78 is 10.6. The normalized spacial score (nSPS) is 12.2. The Balaban J connectivity index is 2.60. The Bertz CT molecular complexity index is 360. The average molecular weight is 265 g/mol. The van der Waals surface area contributed by atoms with Crippen molar-refractivity contribution >= 4 is 0 Å². The van der Waals surface area contributed by atoms with E-state index < -0.39 is 0 Å². The first kappa shape index (κ1) is 15.8. The van der Waals surface area contributed by atoms with Gasteiger partial charge in [-0.15, -0.1) is 0 Å². The van der Waals surface area contributed by atoms with Gasteiger partial charge in [0.05, 0.1) is 14.2 Å². The van der Waals surface area contributed by atoms with Crippen molar-refractivity contribution in [1.29, 1.82) is 0 Å². The van der Waals surface area contributed by atoms with Gasteiger partial charge in [-0.1, -0.05) is 26.3 Å². The molecule has 0 heterocycles. The molecule has 0 fully saturated rings. The first-order chi connectivity index (χ1) is 9.24. The highest BCUT2D eigenvalue weighted by atomic mass is 16.5. The van der Waals surface area contributed by atoms with Gasteiger partial charge in [-0.05, 0) is 43.5 Å². The van der Waals surface area contributed by atoms with Crippen molar-refractivity contribution < 1.29 is 9.47 Å². The van der Waals surface area contributed by atoms with E-state index in [1.165, 1.54) is 18.4 Å². The lowest BCUT2D eigenvalue weighted by Gasteiger charge is -2.17. The van der Waals surface area contributed by atoms with Crippen molar-refractivity contribution in [3.8, 4) is 11.5 Å². The number of nitrogens with one attached hydrogen (secondary N) is 1. The van der Waals surface area contributed by atoms with Crippen LogP contribution in [0.25, 0.3) is 0 Å². The van der Waals surface area contributed by atoms with E-state index in [0.717, 1.165) is 30.9 Å². The molecule has 0 aliphatic rings. The number of methoxy groups -OCH3 is 2. The SMILES string of the molecule is CCCC(CCc1ccc(OC)c(OC)c1)NCC. The van der Waals surface area contributed by atoms with Gasteiger partial charge < -0.3 is 14.8 Å². The minimum absolute atomic E-state index is 0.614. The molecule has 0 saturated carbocycles. The summed E-state index contributed by atoms with van der Waals surface area (Å²) in [6, 6.07) is 6.79. The second-order valence-corrected chi connectivity index (χ2v) is 4.77. The molecule has 0 radical (unpaired) electrons. The Kier molecular flexibility index (Phi) is 7.34. The third-order valence-corrected chi connectivity index (χ3v) is 3.36. The Morgan fingerprint density at radius 1 is 1.05 bits per heavy atom. The van der Waals surface area contributed by atoms with Crippen LogP contribution < -0.4 is 14.8 Å². The van der Waals surface area contributed by atoms with E-state index in [9.17, 15) is 0 Å². The molecule has 1 aromatic carbocycles. The minimum atomic E-state index is 0.614. The lowest BCUT2D eigenvalue weighted by atomic mass is 10.0. The zero-order valence-electron chi connectivity index (χ0n) is 12.7. The van der Waals surface area contributed by atoms with E-state index in [2.05, 4.69) is 31.3 Å². The van der Waals surface area contributed by atoms with E-state index in [1.54, 1.807) is 14.2 Å². The van der Waals surface area contributed by atoms with Crippen molar-refractivity contribution in [2.45, 2.75) is 45.6 Å². The molecule has 0 bridgehead atoms. The number of ether oxygens (including phenoxy) is 2. The zero-order valence-corrected chi connectivity index (χ0v) is 12.7. The van der Waals surface area contributed by atoms with Crippen molar-refractivity contribution in [2.75, 3.05) is 20.8 Å². The van der Waals surface area contributed by atoms with E-state index in [1.807, 2.05) is 6.07 Å². The summed E-state index contributed by atoms with van der Waals surface area (Å²) >= 11 is 0. The zero-order chi connectivity index (χ0) is 14.1. The fourth-order valence-electron chi connectivity index (χ4n) is 2.36. The predicted molar refractivity (Wildman–Crippen MR) is 80.2 cm³/mol. The van der Waals surface area contributed by atoms with E-state index in [-0.39, 0.29) is 0 Å². The third-order valence-electron chi connectivity index (χ3n) is 3.36. The van der Waals surface area contributed by atoms with Crippen LogP contribution in [-0.2, 0) is 6.42 Å². The predicted octanol–water partition coefficient (Wildman–Crippen LogP) is 3.41. The Labute approximate surface area is 117 Å². The molecule has 108 valence electrons. The van der Waals surface area contributed by atoms with Gasteiger partial charge >= 0.3 is 0 Å². The Morgan fingerprint density at radius 2 is 1.79 bits per heavy atom. The fourth-order valence-corrected chi connectivity index (χ4v) is 2.36. The van der Waals surface area contributed by atoms with Crippen LogP contribution in [0.1, 0.15) is 38.7 Å². The van der Waals surface area contributed by atoms with Crippen LogP contribution in [0.4, 0.5) is 0 Å². The lowest BCUT2D eigenvalue weighted by molar-refractivity contribution is 0.354. The average Bonchev–Trinajstić information content (AvgIpc) is 2.44. The maximum Gasteiger partial charge on any atom is 0.160 e. The highest BCUT2D eigenvalue weighted by molar-refractivity contribution is 5.42. The molecule has 0 aliphatic carbocycles. The van der Waals surface area contributed by atoms with Gasteiger partial charge in [-0.2, -0.15) is 0 Å². The van der Waals surface area contributed by atoms with E-state index in [4.69, 9.17) is 9.47 Å². The van der Waals surface area contributed by atoms with Gasteiger partial charge in [-0.25, -0.2) is 0 Å². The minimum Gasteiger partial charge on any atom is -0.493 e. The standard InChI is InChI=1S/C16H27NO2/c1-5-7-14(17-6-2)10-8-13-9-11-15(18-3)16(12-13)19-4/h9,11-12,14,17H,5-8,10H2,1-4H3. The highest BCUT2D eigenvalue weighted by Gasteiger charge is 2.08. The number of aryl methyl sites for hydroxylation is 1. The summed E-state index contributed by atoms with van der Waals surface area (Å²) in [4.78, 5) is 0. The maximum atomic E-state index is 5.34. The van der Waals surface area contributed by atoms with Gasteiger partial charge in [0.25, 0.3) is 0 Å². The second-order valence-electron chi connectivity index (χ2n) is 4.77. The Hall–Kier alpha value is -1.22. The molecule has 3 nitrogen and oxygen atoms in total. The van der Waals surface area contributed by atoms with Crippen LogP contribution in [0.3, 0.4) is 0 Å². The van der Waals surface area contributed by atoms with Crippen LogP contribution in [-0.4, -0.2) is 26.8 Å². The monoisotopic (exact) mass is 265 g/mol. The van der Waals surface area contributed by atoms with Crippen molar-refractivity contribution in [3.63, 3.8) is 0 Å². The van der Waals surface area contributed by atoms with Crippen molar-refractivity contribution in [1.82, 2.24) is 5.32 Å². The van der Waals surface area contributed by atoms with E-state index >= 15 is 0 Å². The molecule has 19 heavy (non-hydrogen) atoms. The number of hydrogen-bond acceptors (Lipinski definition) is 3. The molecule has 0 aliphatic heterocycles. The lowest BCUT2D eigenvalue weighted by Crippen LogP contribution is -2.29. The molecule has 1 atom stereocenters. The van der Waals surface area contributed by atoms with Crippen LogP contribution in [0, 0.1) is 0 Å². The van der Waals surface area contributed by atoms with E-state index in [0.29, 0.717) is 6.04 Å². The third kappa shape index (κ3) is 5.11. The van der Waals surface area contributed by atoms with Crippen molar-refractivity contribution in [3.05, 3.63) is 23.8 Å². The largest absolute Gasteiger partial charge is 0.493 e. The molecular formula is C16H27NO2. The van der Waals surface area contributed by atoms with Crippen LogP contribution in [0.5, 0.6) is 11.5 Å². The first-order valence-electron chi connectivity index (χ1n) is 7.19. The summed E-state index contributed by atoms with van der Waals surface area (Å²) in [6.45, 7) is 5.44. The summed E-state index contributed by atoms with van der Waals surface area (Å²) in [7, 11) is 3.35. The molecule has 1 rings (SSSR count). The van der Waals surface area contributed by atoms with Crippen LogP contribution >= 0.6 is 0 Å². The first-order valence-corrected chi connectivity index (χ1v) is 7.19. The number of rotatable bonds is 9. The molecule has 3 heteroatoms. The van der Waals surface area contributed by atoms with Crippen LogP contribution in [0.15, 0.2) is 18.2 Å². The fraction of sp³-hybridized carbons (Fsp3) is 0.625. The topological polar surface area (TPSA) is 30.5 Å². The van der Waals surface area contributed by atoms with Gasteiger partial charge in [0.1, 0.15) is 0 Å². The van der Waals surface area contributed by atoms with Crippen LogP contribution in [0.2, 0.25) is 0 Å². The number of hydrogen-bond donors (Lipinski definition) is 1. The highest BCUT2D eigenvalue weighted by Crippen LogP contribution is 2.28. The summed E-state index contributed by atoms with van der Waals surface area (Å²) in [5.41, 5.74) is 1.30. The number of benzene rings is 1. The molecular weight excluding hydrogens is 238 g/mol. The molecule has 1 unspecified atom stereocenters. The smallest absolute Gasteiger partial charge is 0.160 e. The molecule has 0 spiro atoms. The molecule has 0 amide bonds. The second kappa shape index (κ2) is 8.81. The van der Waals surface area contributed by atoms with Gasteiger partial charge in [-0.3, -0.25) is 0 Å². The van der Waals surface area contributed by atoms with Gasteiger partial charge in [0.15, 0.2) is 11.5 Å². The molecule has 0 saturated heterocycles. The molecule has 1 aromatic rings. The van der Waals surface area contributed by atoms with Gasteiger partial charge in [0.2, 0.25) is 0 Å². The summed E-state index contributed by atoms with van der Waals surface area (Å²) in [6.07, 6.45) is 4.69. The quantitative estimate of drug-likeness (QED) is 0.742. The summed E-state index contributed by atoms with van der Waals surface area (Å²) in [5, 5.41) is 3.55. The Morgan fingerprint density at radius 3 is 2.37 bits per heavy atom. The van der Waals surface area contributed by atoms with Crippen molar-refractivity contribution in [2.24, 2.45) is 0 Å². The summed E-state index contributed by atoms with van der Waals surface area (Å²) in [5.74, 6) is 1.61. The van der Waals surface area contributed by atoms with Gasteiger partial charge in [0, 0.05) is 6.04 Å². The maximum absolute atomic E-state index is 5.34. The molecule has 1 N–H and O–H groups in total.